The van der Waals surface area contributed by atoms with E-state index in [4.69, 9.17) is 28.0 Å². The van der Waals surface area contributed by atoms with E-state index < -0.39 is 24.2 Å². The van der Waals surface area contributed by atoms with Gasteiger partial charge in [0.1, 0.15) is 0 Å². The number of hydrogen-bond acceptors (Lipinski definition) is 3. The maximum absolute atomic E-state index is 14.3. The molecule has 4 nitrogen and oxygen atoms in total. The zero-order valence-electron chi connectivity index (χ0n) is 16.5. The lowest BCUT2D eigenvalue weighted by atomic mass is 9.85. The average Bonchev–Trinajstić information content (AvgIpc) is 3.20. The number of carbonyl (C=O) groups is 1. The second kappa shape index (κ2) is 8.66. The van der Waals surface area contributed by atoms with Gasteiger partial charge >= 0.3 is 12.1 Å². The van der Waals surface area contributed by atoms with Crippen LogP contribution < -0.4 is 0 Å². The van der Waals surface area contributed by atoms with E-state index >= 15 is 0 Å². The SMILES string of the molecule is O=C(O)c1ccc(C2=NOC(c3cc(Cl)cc(Cl)c3)(C(F)(F)F)C2)c(Br)c1-c1ccccc1. The number of hydrogen-bond donors (Lipinski definition) is 1. The summed E-state index contributed by atoms with van der Waals surface area (Å²) < 4.78 is 43.2. The monoisotopic (exact) mass is 557 g/mol. The van der Waals surface area contributed by atoms with Crippen molar-refractivity contribution in [3.63, 3.8) is 0 Å². The van der Waals surface area contributed by atoms with Crippen molar-refractivity contribution in [2.45, 2.75) is 18.2 Å². The molecule has 1 unspecified atom stereocenters. The van der Waals surface area contributed by atoms with E-state index in [0.717, 1.165) is 12.1 Å². The molecule has 1 aliphatic heterocycles. The summed E-state index contributed by atoms with van der Waals surface area (Å²) in [7, 11) is 0. The largest absolute Gasteiger partial charge is 0.478 e. The summed E-state index contributed by atoms with van der Waals surface area (Å²) >= 11 is 15.3. The van der Waals surface area contributed by atoms with Crippen molar-refractivity contribution in [2.24, 2.45) is 5.16 Å². The molecule has 0 aliphatic carbocycles. The predicted octanol–water partition coefficient (Wildman–Crippen LogP) is 7.70. The molecule has 10 heteroatoms. The second-order valence-corrected chi connectivity index (χ2v) is 8.98. The first-order valence-electron chi connectivity index (χ1n) is 9.43. The third-order valence-electron chi connectivity index (χ3n) is 5.26. The van der Waals surface area contributed by atoms with Gasteiger partial charge < -0.3 is 9.94 Å². The molecule has 3 aromatic carbocycles. The molecule has 33 heavy (non-hydrogen) atoms. The normalized spacial score (nSPS) is 18.1. The van der Waals surface area contributed by atoms with Crippen molar-refractivity contribution in [3.05, 3.63) is 91.9 Å². The molecule has 0 aromatic heterocycles. The van der Waals surface area contributed by atoms with Gasteiger partial charge in [0.2, 0.25) is 0 Å². The van der Waals surface area contributed by atoms with Crippen LogP contribution in [0.1, 0.15) is 27.9 Å². The van der Waals surface area contributed by atoms with Crippen molar-refractivity contribution in [1.82, 2.24) is 0 Å². The van der Waals surface area contributed by atoms with E-state index in [0.29, 0.717) is 11.1 Å². The van der Waals surface area contributed by atoms with Crippen molar-refractivity contribution < 1.29 is 27.9 Å². The minimum absolute atomic E-state index is 0.00980. The molecule has 3 aromatic rings. The fourth-order valence-electron chi connectivity index (χ4n) is 3.70. The lowest BCUT2D eigenvalue weighted by Crippen LogP contribution is -2.42. The van der Waals surface area contributed by atoms with E-state index in [1.165, 1.54) is 18.2 Å². The molecule has 0 amide bonds. The molecule has 1 heterocycles. The highest BCUT2D eigenvalue weighted by molar-refractivity contribution is 9.10. The van der Waals surface area contributed by atoms with Gasteiger partial charge in [-0.05, 0) is 45.8 Å². The molecule has 4 rings (SSSR count). The van der Waals surface area contributed by atoms with Gasteiger partial charge in [-0.1, -0.05) is 64.8 Å². The molecule has 0 saturated carbocycles. The standard InChI is InChI=1S/C23H13BrCl2F3NO3/c24-20-16(6-7-17(21(31)32)19(20)12-4-2-1-3-5-12)18-11-22(33-30-18,23(27,28)29)13-8-14(25)10-15(26)9-13/h1-10H,11H2,(H,31,32). The Morgan fingerprint density at radius 2 is 1.70 bits per heavy atom. The second-order valence-electron chi connectivity index (χ2n) is 7.31. The minimum atomic E-state index is -4.85. The Hall–Kier alpha value is -2.55. The molecule has 1 atom stereocenters. The summed E-state index contributed by atoms with van der Waals surface area (Å²) in [6, 6.07) is 15.0. The summed E-state index contributed by atoms with van der Waals surface area (Å²) in [5.74, 6) is -1.18. The van der Waals surface area contributed by atoms with Crippen LogP contribution in [0.2, 0.25) is 10.0 Å². The molecule has 0 bridgehead atoms. The number of nitrogens with zero attached hydrogens (tertiary/aromatic N) is 1. The lowest BCUT2D eigenvalue weighted by molar-refractivity contribution is -0.275. The molecule has 0 fully saturated rings. The summed E-state index contributed by atoms with van der Waals surface area (Å²) in [5.41, 5.74) is -1.94. The number of rotatable bonds is 4. The maximum Gasteiger partial charge on any atom is 0.435 e. The fraction of sp³-hybridized carbons (Fsp3) is 0.130. The van der Waals surface area contributed by atoms with Gasteiger partial charge in [0.15, 0.2) is 0 Å². The van der Waals surface area contributed by atoms with Gasteiger partial charge in [-0.3, -0.25) is 0 Å². The van der Waals surface area contributed by atoms with Crippen LogP contribution in [0.5, 0.6) is 0 Å². The van der Waals surface area contributed by atoms with E-state index in [2.05, 4.69) is 21.1 Å². The Morgan fingerprint density at radius 1 is 1.06 bits per heavy atom. The average molecular weight is 559 g/mol. The molecule has 0 radical (unpaired) electrons. The van der Waals surface area contributed by atoms with Crippen molar-refractivity contribution in [3.8, 4) is 11.1 Å². The van der Waals surface area contributed by atoms with Gasteiger partial charge in [-0.15, -0.1) is 0 Å². The Labute approximate surface area is 204 Å². The van der Waals surface area contributed by atoms with E-state index in [9.17, 15) is 23.1 Å². The number of carboxylic acid groups (broad SMARTS) is 1. The molecular weight excluding hydrogens is 546 g/mol. The lowest BCUT2D eigenvalue weighted by Gasteiger charge is -2.29. The predicted molar refractivity (Wildman–Crippen MR) is 123 cm³/mol. The number of carboxylic acids is 1. The first kappa shape index (κ1) is 23.6. The van der Waals surface area contributed by atoms with Crippen LogP contribution in [0.4, 0.5) is 13.2 Å². The molecule has 0 saturated heterocycles. The van der Waals surface area contributed by atoms with Crippen LogP contribution in [0, 0.1) is 0 Å². The van der Waals surface area contributed by atoms with Gasteiger partial charge in [-0.25, -0.2) is 4.79 Å². The number of halogens is 6. The molecular formula is C23H13BrCl2F3NO3. The molecule has 1 aliphatic rings. The number of alkyl halides is 3. The molecule has 170 valence electrons. The summed E-state index contributed by atoms with van der Waals surface area (Å²) in [6.07, 6.45) is -5.51. The molecule has 0 spiro atoms. The number of benzene rings is 3. The summed E-state index contributed by atoms with van der Waals surface area (Å²) in [4.78, 5) is 16.9. The van der Waals surface area contributed by atoms with E-state index in [1.807, 2.05) is 0 Å². The Morgan fingerprint density at radius 3 is 2.27 bits per heavy atom. The zero-order chi connectivity index (χ0) is 24.0. The van der Waals surface area contributed by atoms with Gasteiger partial charge in [0, 0.05) is 31.2 Å². The summed E-state index contributed by atoms with van der Waals surface area (Å²) in [5, 5.41) is 13.5. The number of aromatic carboxylic acids is 1. The summed E-state index contributed by atoms with van der Waals surface area (Å²) in [6.45, 7) is 0. The Bertz CT molecular complexity index is 1260. The Kier molecular flexibility index (Phi) is 6.20. The highest BCUT2D eigenvalue weighted by Crippen LogP contribution is 2.50. The highest BCUT2D eigenvalue weighted by Gasteiger charge is 2.62. The van der Waals surface area contributed by atoms with Gasteiger partial charge in [-0.2, -0.15) is 13.2 Å². The third kappa shape index (κ3) is 4.23. The van der Waals surface area contributed by atoms with Crippen LogP contribution in [0.25, 0.3) is 11.1 Å². The van der Waals surface area contributed by atoms with Crippen molar-refractivity contribution in [1.29, 1.82) is 0 Å². The first-order chi connectivity index (χ1) is 15.5. The van der Waals surface area contributed by atoms with E-state index in [-0.39, 0.29) is 36.9 Å². The van der Waals surface area contributed by atoms with Crippen LogP contribution in [-0.2, 0) is 10.4 Å². The minimum Gasteiger partial charge on any atom is -0.478 e. The first-order valence-corrected chi connectivity index (χ1v) is 11.0. The maximum atomic E-state index is 14.3. The van der Waals surface area contributed by atoms with Crippen LogP contribution >= 0.6 is 39.1 Å². The zero-order valence-corrected chi connectivity index (χ0v) is 19.6. The number of oxime groups is 1. The van der Waals surface area contributed by atoms with Crippen molar-refractivity contribution in [2.75, 3.05) is 0 Å². The van der Waals surface area contributed by atoms with Gasteiger partial charge in [0.05, 0.1) is 17.7 Å². The smallest absolute Gasteiger partial charge is 0.435 e. The van der Waals surface area contributed by atoms with Crippen LogP contribution in [0.15, 0.2) is 70.3 Å². The Balaban J connectivity index is 1.84. The van der Waals surface area contributed by atoms with Crippen molar-refractivity contribution >= 4 is 50.8 Å². The third-order valence-corrected chi connectivity index (χ3v) is 6.52. The van der Waals surface area contributed by atoms with Crippen LogP contribution in [0.3, 0.4) is 0 Å². The fourth-order valence-corrected chi connectivity index (χ4v) is 5.03. The molecule has 1 N–H and O–H groups in total. The van der Waals surface area contributed by atoms with E-state index in [1.54, 1.807) is 30.3 Å². The van der Waals surface area contributed by atoms with Gasteiger partial charge in [0.25, 0.3) is 5.60 Å². The highest BCUT2D eigenvalue weighted by atomic mass is 79.9. The van der Waals surface area contributed by atoms with Crippen LogP contribution in [-0.4, -0.2) is 23.0 Å². The quantitative estimate of drug-likeness (QED) is 0.357. The topological polar surface area (TPSA) is 58.9 Å².